The van der Waals surface area contributed by atoms with Crippen LogP contribution in [0.2, 0.25) is 0 Å². The van der Waals surface area contributed by atoms with E-state index in [4.69, 9.17) is 5.26 Å². The highest BCUT2D eigenvalue weighted by molar-refractivity contribution is 5.72. The topological polar surface area (TPSA) is 45.9 Å². The van der Waals surface area contributed by atoms with Gasteiger partial charge in [0.25, 0.3) is 0 Å². The highest BCUT2D eigenvalue weighted by Crippen LogP contribution is 2.37. The van der Waals surface area contributed by atoms with Gasteiger partial charge in [-0.05, 0) is 12.1 Å². The number of aromatic nitrogens is 1. The van der Waals surface area contributed by atoms with Gasteiger partial charge in [-0.15, -0.1) is 13.2 Å². The lowest BCUT2D eigenvalue weighted by molar-refractivity contribution is -0.274. The van der Waals surface area contributed by atoms with E-state index < -0.39 is 30.4 Å². The van der Waals surface area contributed by atoms with Crippen molar-refractivity contribution < 1.29 is 31.1 Å². The van der Waals surface area contributed by atoms with Gasteiger partial charge in [0.2, 0.25) is 0 Å². The lowest BCUT2D eigenvalue weighted by atomic mass is 10.0. The molecule has 0 spiro atoms. The summed E-state index contributed by atoms with van der Waals surface area (Å²) in [7, 11) is 0. The normalized spacial score (nSPS) is 11.9. The summed E-state index contributed by atoms with van der Waals surface area (Å²) in [5, 5.41) is 8.76. The maximum atomic E-state index is 12.7. The molecule has 0 aliphatic heterocycles. The van der Waals surface area contributed by atoms with Crippen molar-refractivity contribution in [1.29, 1.82) is 5.26 Å². The zero-order chi connectivity index (χ0) is 18.0. The van der Waals surface area contributed by atoms with Gasteiger partial charge in [-0.25, -0.2) is 4.98 Å². The summed E-state index contributed by atoms with van der Waals surface area (Å²) in [6.07, 6.45) is -10.2. The molecule has 24 heavy (non-hydrogen) atoms. The smallest absolute Gasteiger partial charge is 0.405 e. The van der Waals surface area contributed by atoms with Crippen molar-refractivity contribution >= 4 is 0 Å². The maximum absolute atomic E-state index is 12.7. The third-order valence-electron chi connectivity index (χ3n) is 2.91. The molecular weight excluding hydrogens is 338 g/mol. The third-order valence-corrected chi connectivity index (χ3v) is 2.91. The SMILES string of the molecule is N#CCc1nc(C(F)(F)F)ccc1-c1ccccc1OC(F)(F)F. The molecule has 0 bridgehead atoms. The first-order valence-electron chi connectivity index (χ1n) is 6.41. The van der Waals surface area contributed by atoms with Gasteiger partial charge in [0, 0.05) is 11.1 Å². The molecule has 2 aromatic rings. The van der Waals surface area contributed by atoms with Crippen molar-refractivity contribution in [2.45, 2.75) is 19.0 Å². The Morgan fingerprint density at radius 3 is 2.21 bits per heavy atom. The Hall–Kier alpha value is -2.76. The number of hydrogen-bond donors (Lipinski definition) is 0. The number of ether oxygens (including phenoxy) is 1. The highest BCUT2D eigenvalue weighted by Gasteiger charge is 2.34. The van der Waals surface area contributed by atoms with E-state index in [2.05, 4.69) is 9.72 Å². The number of pyridine rings is 1. The van der Waals surface area contributed by atoms with E-state index in [9.17, 15) is 26.3 Å². The van der Waals surface area contributed by atoms with Gasteiger partial charge in [0.05, 0.1) is 18.2 Å². The van der Waals surface area contributed by atoms with Crippen LogP contribution in [-0.4, -0.2) is 11.3 Å². The second kappa shape index (κ2) is 6.39. The predicted octanol–water partition coefficient (Wildman–Crippen LogP) is 4.73. The molecule has 0 saturated heterocycles. The van der Waals surface area contributed by atoms with Gasteiger partial charge in [0.15, 0.2) is 0 Å². The zero-order valence-electron chi connectivity index (χ0n) is 11.7. The molecule has 3 nitrogen and oxygen atoms in total. The van der Waals surface area contributed by atoms with Crippen LogP contribution in [0, 0.1) is 11.3 Å². The van der Waals surface area contributed by atoms with Crippen molar-refractivity contribution in [2.75, 3.05) is 0 Å². The number of rotatable bonds is 3. The summed E-state index contributed by atoms with van der Waals surface area (Å²) in [5.74, 6) is -0.592. The number of nitrogens with zero attached hydrogens (tertiary/aromatic N) is 2. The van der Waals surface area contributed by atoms with Crippen molar-refractivity contribution in [3.63, 3.8) is 0 Å². The van der Waals surface area contributed by atoms with E-state index in [1.54, 1.807) is 6.07 Å². The molecule has 0 aliphatic rings. The number of para-hydroxylation sites is 1. The first-order chi connectivity index (χ1) is 11.1. The Bertz CT molecular complexity index is 777. The Morgan fingerprint density at radius 1 is 0.958 bits per heavy atom. The molecule has 0 atom stereocenters. The minimum atomic E-state index is -4.97. The van der Waals surface area contributed by atoms with Gasteiger partial charge in [0.1, 0.15) is 11.4 Å². The first-order valence-corrected chi connectivity index (χ1v) is 6.41. The average Bonchev–Trinajstić information content (AvgIpc) is 2.46. The fourth-order valence-electron chi connectivity index (χ4n) is 2.02. The van der Waals surface area contributed by atoms with Gasteiger partial charge in [-0.3, -0.25) is 0 Å². The second-order valence-electron chi connectivity index (χ2n) is 4.57. The molecule has 0 radical (unpaired) electrons. The largest absolute Gasteiger partial charge is 0.573 e. The Balaban J connectivity index is 2.59. The minimum Gasteiger partial charge on any atom is -0.405 e. The van der Waals surface area contributed by atoms with Crippen LogP contribution in [-0.2, 0) is 12.6 Å². The van der Waals surface area contributed by atoms with Gasteiger partial charge in [-0.1, -0.05) is 24.3 Å². The van der Waals surface area contributed by atoms with Gasteiger partial charge < -0.3 is 4.74 Å². The van der Waals surface area contributed by atoms with Gasteiger partial charge >= 0.3 is 12.5 Å². The summed E-state index contributed by atoms with van der Waals surface area (Å²) in [6.45, 7) is 0. The Labute approximate surface area is 132 Å². The maximum Gasteiger partial charge on any atom is 0.573 e. The lowest BCUT2D eigenvalue weighted by Crippen LogP contribution is -2.17. The predicted molar refractivity (Wildman–Crippen MR) is 70.7 cm³/mol. The fraction of sp³-hybridized carbons (Fsp3) is 0.200. The van der Waals surface area contributed by atoms with Crippen molar-refractivity contribution in [3.8, 4) is 22.9 Å². The van der Waals surface area contributed by atoms with Crippen LogP contribution < -0.4 is 4.74 Å². The number of halogens is 6. The van der Waals surface area contributed by atoms with Crippen LogP contribution in [0.4, 0.5) is 26.3 Å². The standard InChI is InChI=1S/C15H8F6N2O/c16-14(17,18)13-6-5-9(11(23-13)7-8-22)10-3-1-2-4-12(10)24-15(19,20)21/h1-6H,7H2. The summed E-state index contributed by atoms with van der Waals surface area (Å²) in [4.78, 5) is 3.36. The van der Waals surface area contributed by atoms with Crippen LogP contribution >= 0.6 is 0 Å². The third kappa shape index (κ3) is 4.16. The average molecular weight is 346 g/mol. The molecule has 126 valence electrons. The molecule has 0 fully saturated rings. The van der Waals surface area contributed by atoms with E-state index in [0.29, 0.717) is 6.07 Å². The minimum absolute atomic E-state index is 0.0376. The van der Waals surface area contributed by atoms with E-state index in [1.165, 1.54) is 18.2 Å². The molecule has 0 aliphatic carbocycles. The van der Waals surface area contributed by atoms with Crippen molar-refractivity contribution in [3.05, 3.63) is 47.8 Å². The van der Waals surface area contributed by atoms with Crippen LogP contribution in [0.15, 0.2) is 36.4 Å². The molecule has 1 aromatic carbocycles. The molecule has 9 heteroatoms. The molecule has 2 rings (SSSR count). The molecule has 0 N–H and O–H groups in total. The second-order valence-corrected chi connectivity index (χ2v) is 4.57. The molecule has 1 aromatic heterocycles. The number of alkyl halides is 6. The van der Waals surface area contributed by atoms with Crippen LogP contribution in [0.25, 0.3) is 11.1 Å². The molecule has 0 unspecified atom stereocenters. The van der Waals surface area contributed by atoms with Crippen LogP contribution in [0.3, 0.4) is 0 Å². The first kappa shape index (κ1) is 17.6. The number of benzene rings is 1. The number of hydrogen-bond acceptors (Lipinski definition) is 3. The number of nitriles is 1. The highest BCUT2D eigenvalue weighted by atomic mass is 19.4. The Morgan fingerprint density at radius 2 is 1.62 bits per heavy atom. The van der Waals surface area contributed by atoms with Crippen LogP contribution in [0.1, 0.15) is 11.4 Å². The van der Waals surface area contributed by atoms with E-state index in [0.717, 1.165) is 12.1 Å². The van der Waals surface area contributed by atoms with Crippen LogP contribution in [0.5, 0.6) is 5.75 Å². The Kier molecular flexibility index (Phi) is 4.68. The quantitative estimate of drug-likeness (QED) is 0.755. The van der Waals surface area contributed by atoms with Gasteiger partial charge in [-0.2, -0.15) is 18.4 Å². The summed E-state index contributed by atoms with van der Waals surface area (Å²) < 4.78 is 79.5. The van der Waals surface area contributed by atoms with Crippen molar-refractivity contribution in [1.82, 2.24) is 4.98 Å². The molecular formula is C15H8F6N2O. The summed E-state index contributed by atoms with van der Waals surface area (Å²) in [5.41, 5.74) is -1.66. The summed E-state index contributed by atoms with van der Waals surface area (Å²) >= 11 is 0. The van der Waals surface area contributed by atoms with Crippen molar-refractivity contribution in [2.24, 2.45) is 0 Å². The van der Waals surface area contributed by atoms with E-state index in [1.807, 2.05) is 0 Å². The summed E-state index contributed by atoms with van der Waals surface area (Å²) in [6, 6.07) is 8.21. The monoisotopic (exact) mass is 346 g/mol. The molecule has 0 amide bonds. The fourth-order valence-corrected chi connectivity index (χ4v) is 2.02. The van der Waals surface area contributed by atoms with E-state index >= 15 is 0 Å². The zero-order valence-corrected chi connectivity index (χ0v) is 11.7. The lowest BCUT2D eigenvalue weighted by Gasteiger charge is -2.15. The molecule has 0 saturated carbocycles. The molecule has 1 heterocycles. The van der Waals surface area contributed by atoms with E-state index in [-0.39, 0.29) is 16.8 Å².